The van der Waals surface area contributed by atoms with Crippen LogP contribution in [0.4, 0.5) is 0 Å². The van der Waals surface area contributed by atoms with Gasteiger partial charge in [0.2, 0.25) is 0 Å². The molecule has 1 N–H and O–H groups in total. The molecule has 0 saturated carbocycles. The van der Waals surface area contributed by atoms with Gasteiger partial charge in [-0.05, 0) is 19.1 Å². The number of nitrogens with one attached hydrogen (secondary N) is 1. The molecule has 0 atom stereocenters. The molecule has 0 saturated heterocycles. The zero-order chi connectivity index (χ0) is 17.6. The van der Waals surface area contributed by atoms with E-state index in [1.165, 1.54) is 0 Å². The minimum Gasteiger partial charge on any atom is -0.463 e. The summed E-state index contributed by atoms with van der Waals surface area (Å²) in [6, 6.07) is 3.22. The number of imidazole rings is 1. The van der Waals surface area contributed by atoms with Gasteiger partial charge in [-0.15, -0.1) is 10.2 Å². The first-order valence-electron chi connectivity index (χ1n) is 7.79. The van der Waals surface area contributed by atoms with Crippen molar-refractivity contribution >= 4 is 11.9 Å². The molecule has 0 spiro atoms. The summed E-state index contributed by atoms with van der Waals surface area (Å²) >= 11 is 0. The van der Waals surface area contributed by atoms with E-state index in [0.717, 1.165) is 0 Å². The smallest absolute Gasteiger partial charge is 0.338 e. The van der Waals surface area contributed by atoms with Gasteiger partial charge in [0.25, 0.3) is 5.91 Å². The van der Waals surface area contributed by atoms with Gasteiger partial charge in [0.15, 0.2) is 11.5 Å². The first-order chi connectivity index (χ1) is 12.2. The predicted octanol–water partition coefficient (Wildman–Crippen LogP) is 0.630. The summed E-state index contributed by atoms with van der Waals surface area (Å²) < 4.78 is 11.9. The van der Waals surface area contributed by atoms with Crippen molar-refractivity contribution in [2.75, 3.05) is 19.8 Å². The largest absolute Gasteiger partial charge is 0.463 e. The summed E-state index contributed by atoms with van der Waals surface area (Å²) in [7, 11) is 0. The fraction of sp³-hybridized carbons (Fsp3) is 0.312. The Bertz CT molecular complexity index is 783. The third-order valence-electron chi connectivity index (χ3n) is 3.55. The minimum atomic E-state index is -0.487. The van der Waals surface area contributed by atoms with Crippen molar-refractivity contribution in [3.63, 3.8) is 0 Å². The average molecular weight is 343 g/mol. The van der Waals surface area contributed by atoms with Crippen LogP contribution in [0, 0.1) is 0 Å². The van der Waals surface area contributed by atoms with Crippen molar-refractivity contribution in [2.24, 2.45) is 0 Å². The van der Waals surface area contributed by atoms with Gasteiger partial charge in [0.05, 0.1) is 25.4 Å². The van der Waals surface area contributed by atoms with Crippen molar-refractivity contribution in [3.8, 4) is 5.82 Å². The minimum absolute atomic E-state index is 0.111. The molecule has 0 unspecified atom stereocenters. The first-order valence-corrected chi connectivity index (χ1v) is 7.79. The van der Waals surface area contributed by atoms with Crippen LogP contribution >= 0.6 is 0 Å². The zero-order valence-electron chi connectivity index (χ0n) is 13.6. The number of hydrogen-bond acceptors (Lipinski definition) is 7. The van der Waals surface area contributed by atoms with E-state index in [9.17, 15) is 9.59 Å². The average Bonchev–Trinajstić information content (AvgIpc) is 3.17. The number of ether oxygens (including phenoxy) is 2. The highest BCUT2D eigenvalue weighted by Crippen LogP contribution is 2.15. The lowest BCUT2D eigenvalue weighted by molar-refractivity contribution is -0.139. The molecule has 0 aliphatic carbocycles. The second-order valence-electron chi connectivity index (χ2n) is 5.18. The topological polar surface area (TPSA) is 108 Å². The molecule has 2 aromatic rings. The molecule has 0 bridgehead atoms. The van der Waals surface area contributed by atoms with Gasteiger partial charge < -0.3 is 14.8 Å². The van der Waals surface area contributed by atoms with E-state index < -0.39 is 11.9 Å². The van der Waals surface area contributed by atoms with Gasteiger partial charge in [-0.2, -0.15) is 0 Å². The summed E-state index contributed by atoms with van der Waals surface area (Å²) in [5.74, 6) is -0.381. The van der Waals surface area contributed by atoms with Gasteiger partial charge >= 0.3 is 5.97 Å². The number of aromatic nitrogens is 4. The number of hydrogen-bond donors (Lipinski definition) is 1. The van der Waals surface area contributed by atoms with Crippen LogP contribution in [-0.2, 0) is 14.3 Å². The fourth-order valence-corrected chi connectivity index (χ4v) is 2.30. The maximum absolute atomic E-state index is 12.4. The maximum atomic E-state index is 12.4. The molecule has 25 heavy (non-hydrogen) atoms. The molecule has 1 aliphatic rings. The van der Waals surface area contributed by atoms with Crippen LogP contribution in [0.15, 0.2) is 42.1 Å². The van der Waals surface area contributed by atoms with Crippen LogP contribution < -0.4 is 5.32 Å². The van der Waals surface area contributed by atoms with E-state index in [0.29, 0.717) is 30.1 Å². The van der Waals surface area contributed by atoms with Crippen LogP contribution in [0.5, 0.6) is 0 Å². The van der Waals surface area contributed by atoms with Gasteiger partial charge in [0.1, 0.15) is 6.33 Å². The molecule has 0 aromatic carbocycles. The second-order valence-corrected chi connectivity index (χ2v) is 5.18. The van der Waals surface area contributed by atoms with E-state index in [4.69, 9.17) is 9.47 Å². The van der Waals surface area contributed by atoms with E-state index in [2.05, 4.69) is 20.5 Å². The Morgan fingerprint density at radius 3 is 2.92 bits per heavy atom. The standard InChI is InChI=1S/C16H17N5O4/c1-2-25-16(23)11-9-24-8-5-12(11)18-15(22)13-3-4-14(20-19-13)21-7-6-17-10-21/h3-4,6-7,10H,2,5,8-9H2,1H3,(H,18,22). The van der Waals surface area contributed by atoms with E-state index >= 15 is 0 Å². The Kier molecular flexibility index (Phi) is 5.14. The van der Waals surface area contributed by atoms with Gasteiger partial charge in [-0.1, -0.05) is 0 Å². The van der Waals surface area contributed by atoms with Gasteiger partial charge in [-0.3, -0.25) is 9.36 Å². The highest BCUT2D eigenvalue weighted by molar-refractivity contribution is 5.96. The number of nitrogens with zero attached hydrogens (tertiary/aromatic N) is 4. The quantitative estimate of drug-likeness (QED) is 0.793. The van der Waals surface area contributed by atoms with E-state index in [1.807, 2.05) is 0 Å². The van der Waals surface area contributed by atoms with Gasteiger partial charge in [0, 0.05) is 24.5 Å². The number of rotatable bonds is 5. The highest BCUT2D eigenvalue weighted by Gasteiger charge is 2.23. The number of amides is 1. The predicted molar refractivity (Wildman–Crippen MR) is 85.7 cm³/mol. The van der Waals surface area contributed by atoms with Crippen molar-refractivity contribution in [1.29, 1.82) is 0 Å². The molecule has 0 radical (unpaired) electrons. The molecule has 9 heteroatoms. The molecule has 1 aliphatic heterocycles. The Morgan fingerprint density at radius 1 is 1.36 bits per heavy atom. The number of esters is 1. The van der Waals surface area contributed by atoms with Crippen molar-refractivity contribution in [2.45, 2.75) is 13.3 Å². The van der Waals surface area contributed by atoms with Crippen LogP contribution in [0.2, 0.25) is 0 Å². The Morgan fingerprint density at radius 2 is 2.24 bits per heavy atom. The lowest BCUT2D eigenvalue weighted by Crippen LogP contribution is -2.31. The third-order valence-corrected chi connectivity index (χ3v) is 3.55. The molecule has 130 valence electrons. The summed E-state index contributed by atoms with van der Waals surface area (Å²) in [4.78, 5) is 28.3. The summed E-state index contributed by atoms with van der Waals surface area (Å²) in [6.45, 7) is 2.51. The molecular formula is C16H17N5O4. The second kappa shape index (κ2) is 7.67. The lowest BCUT2D eigenvalue weighted by atomic mass is 10.1. The molecular weight excluding hydrogens is 326 g/mol. The third kappa shape index (κ3) is 3.89. The number of carbonyl (C=O) groups is 2. The summed E-state index contributed by atoms with van der Waals surface area (Å²) in [5, 5.41) is 10.6. The molecule has 1 amide bonds. The van der Waals surface area contributed by atoms with Gasteiger partial charge in [-0.25, -0.2) is 9.78 Å². The SMILES string of the molecule is CCOC(=O)C1=C(NC(=O)c2ccc(-n3ccnc3)nn2)CCOC1. The first kappa shape index (κ1) is 16.8. The van der Waals surface area contributed by atoms with Crippen molar-refractivity contribution < 1.29 is 19.1 Å². The fourth-order valence-electron chi connectivity index (χ4n) is 2.30. The highest BCUT2D eigenvalue weighted by atomic mass is 16.5. The van der Waals surface area contributed by atoms with Crippen LogP contribution in [-0.4, -0.2) is 51.4 Å². The Balaban J connectivity index is 1.75. The molecule has 3 heterocycles. The van der Waals surface area contributed by atoms with Crippen LogP contribution in [0.25, 0.3) is 5.82 Å². The molecule has 0 fully saturated rings. The zero-order valence-corrected chi connectivity index (χ0v) is 13.6. The van der Waals surface area contributed by atoms with E-state index in [1.54, 1.807) is 42.3 Å². The summed E-state index contributed by atoms with van der Waals surface area (Å²) in [6.07, 6.45) is 5.35. The lowest BCUT2D eigenvalue weighted by Gasteiger charge is -2.20. The molecule has 9 nitrogen and oxygen atoms in total. The maximum Gasteiger partial charge on any atom is 0.338 e. The van der Waals surface area contributed by atoms with Crippen molar-refractivity contribution in [3.05, 3.63) is 47.8 Å². The Labute approximate surface area is 143 Å². The normalized spacial score (nSPS) is 14.3. The van der Waals surface area contributed by atoms with Crippen molar-refractivity contribution in [1.82, 2.24) is 25.1 Å². The van der Waals surface area contributed by atoms with Crippen LogP contribution in [0.3, 0.4) is 0 Å². The molecule has 3 rings (SSSR count). The molecule has 2 aromatic heterocycles. The van der Waals surface area contributed by atoms with Crippen LogP contribution in [0.1, 0.15) is 23.8 Å². The Hall–Kier alpha value is -3.07. The summed E-state index contributed by atoms with van der Waals surface area (Å²) in [5.41, 5.74) is 0.964. The van der Waals surface area contributed by atoms with E-state index in [-0.39, 0.29) is 18.9 Å². The number of carbonyl (C=O) groups excluding carboxylic acids is 2. The monoisotopic (exact) mass is 343 g/mol.